The van der Waals surface area contributed by atoms with Gasteiger partial charge in [-0.25, -0.2) is 4.39 Å². The molecule has 0 aliphatic heterocycles. The molecule has 0 bridgehead atoms. The lowest BCUT2D eigenvalue weighted by molar-refractivity contribution is 0.625. The lowest BCUT2D eigenvalue weighted by Crippen LogP contribution is -2.03. The number of para-hydroxylation sites is 1. The van der Waals surface area contributed by atoms with Crippen molar-refractivity contribution in [2.24, 2.45) is 0 Å². The zero-order valence-electron chi connectivity index (χ0n) is 12.2. The van der Waals surface area contributed by atoms with E-state index in [0.717, 1.165) is 33.4 Å². The molecule has 0 aliphatic rings. The maximum Gasteiger partial charge on any atom is 0.123 e. The number of aromatic nitrogens is 1. The van der Waals surface area contributed by atoms with Crippen molar-refractivity contribution in [2.45, 2.75) is 20.4 Å². The van der Waals surface area contributed by atoms with E-state index in [4.69, 9.17) is 0 Å². The van der Waals surface area contributed by atoms with Crippen LogP contribution >= 0.6 is 0 Å². The van der Waals surface area contributed by atoms with Gasteiger partial charge in [-0.15, -0.1) is 0 Å². The number of pyridine rings is 1. The molecule has 1 heterocycles. The quantitative estimate of drug-likeness (QED) is 0.758. The summed E-state index contributed by atoms with van der Waals surface area (Å²) >= 11 is 0. The molecule has 0 amide bonds. The highest BCUT2D eigenvalue weighted by Gasteiger charge is 2.04. The van der Waals surface area contributed by atoms with Crippen molar-refractivity contribution in [2.75, 3.05) is 5.32 Å². The molecular formula is C18H17FN2. The van der Waals surface area contributed by atoms with Gasteiger partial charge >= 0.3 is 0 Å². The molecule has 2 nitrogen and oxygen atoms in total. The molecule has 0 unspecified atom stereocenters. The third kappa shape index (κ3) is 2.87. The van der Waals surface area contributed by atoms with Gasteiger partial charge in [-0.1, -0.05) is 24.3 Å². The number of hydrogen-bond donors (Lipinski definition) is 1. The zero-order valence-corrected chi connectivity index (χ0v) is 12.2. The van der Waals surface area contributed by atoms with Gasteiger partial charge in [0.05, 0.1) is 11.2 Å². The number of anilines is 1. The molecule has 3 heteroatoms. The minimum Gasteiger partial charge on any atom is -0.379 e. The first kappa shape index (κ1) is 13.6. The Balaban J connectivity index is 1.91. The second-order valence-electron chi connectivity index (χ2n) is 5.25. The molecule has 106 valence electrons. The molecule has 0 atom stereocenters. The zero-order chi connectivity index (χ0) is 14.8. The number of rotatable bonds is 3. The van der Waals surface area contributed by atoms with Crippen molar-refractivity contribution >= 4 is 16.6 Å². The molecule has 2 aromatic carbocycles. The second kappa shape index (κ2) is 5.52. The van der Waals surface area contributed by atoms with Gasteiger partial charge < -0.3 is 5.32 Å². The summed E-state index contributed by atoms with van der Waals surface area (Å²) in [5.41, 5.74) is 4.94. The van der Waals surface area contributed by atoms with Crippen LogP contribution in [0.3, 0.4) is 0 Å². The number of fused-ring (bicyclic) bond motifs is 1. The first-order chi connectivity index (χ1) is 10.1. The van der Waals surface area contributed by atoms with Gasteiger partial charge in [0.1, 0.15) is 5.82 Å². The summed E-state index contributed by atoms with van der Waals surface area (Å²) in [6, 6.07) is 15.0. The van der Waals surface area contributed by atoms with E-state index in [1.807, 2.05) is 38.1 Å². The fourth-order valence-corrected chi connectivity index (χ4v) is 2.41. The predicted octanol–water partition coefficient (Wildman–Crippen LogP) is 4.60. The van der Waals surface area contributed by atoms with Crippen molar-refractivity contribution < 1.29 is 4.39 Å². The van der Waals surface area contributed by atoms with Crippen LogP contribution in [-0.2, 0) is 6.54 Å². The van der Waals surface area contributed by atoms with Crippen molar-refractivity contribution in [3.05, 3.63) is 71.2 Å². The SMILES string of the molecule is Cc1ccc2cccc(NCc3cc(F)ccc3C)c2n1. The summed E-state index contributed by atoms with van der Waals surface area (Å²) in [7, 11) is 0. The number of benzene rings is 2. The molecule has 1 N–H and O–H groups in total. The first-order valence-electron chi connectivity index (χ1n) is 6.99. The molecule has 0 radical (unpaired) electrons. The van der Waals surface area contributed by atoms with Gasteiger partial charge in [0.15, 0.2) is 0 Å². The summed E-state index contributed by atoms with van der Waals surface area (Å²) in [6.07, 6.45) is 0. The van der Waals surface area contributed by atoms with E-state index in [2.05, 4.69) is 16.4 Å². The summed E-state index contributed by atoms with van der Waals surface area (Å²) < 4.78 is 13.3. The van der Waals surface area contributed by atoms with Crippen LogP contribution < -0.4 is 5.32 Å². The highest BCUT2D eigenvalue weighted by atomic mass is 19.1. The van der Waals surface area contributed by atoms with Crippen molar-refractivity contribution in [3.63, 3.8) is 0 Å². The average Bonchev–Trinajstić information content (AvgIpc) is 2.48. The van der Waals surface area contributed by atoms with E-state index < -0.39 is 0 Å². The Morgan fingerprint density at radius 1 is 1.05 bits per heavy atom. The van der Waals surface area contributed by atoms with Crippen LogP contribution in [0.4, 0.5) is 10.1 Å². The molecule has 0 saturated carbocycles. The lowest BCUT2D eigenvalue weighted by atomic mass is 10.1. The summed E-state index contributed by atoms with van der Waals surface area (Å²) in [4.78, 5) is 4.59. The Bertz CT molecular complexity index is 796. The molecule has 0 saturated heterocycles. The maximum absolute atomic E-state index is 13.3. The largest absolute Gasteiger partial charge is 0.379 e. The van der Waals surface area contributed by atoms with Gasteiger partial charge in [0.25, 0.3) is 0 Å². The Labute approximate surface area is 123 Å². The number of nitrogens with one attached hydrogen (secondary N) is 1. The van der Waals surface area contributed by atoms with Gasteiger partial charge in [-0.2, -0.15) is 0 Å². The van der Waals surface area contributed by atoms with Crippen molar-refractivity contribution in [1.29, 1.82) is 0 Å². The normalized spacial score (nSPS) is 10.8. The fraction of sp³-hybridized carbons (Fsp3) is 0.167. The number of aryl methyl sites for hydroxylation is 2. The first-order valence-corrected chi connectivity index (χ1v) is 6.99. The summed E-state index contributed by atoms with van der Waals surface area (Å²) in [5.74, 6) is -0.204. The Morgan fingerprint density at radius 3 is 2.76 bits per heavy atom. The summed E-state index contributed by atoms with van der Waals surface area (Å²) in [6.45, 7) is 4.55. The maximum atomic E-state index is 13.3. The molecule has 1 aromatic heterocycles. The van der Waals surface area contributed by atoms with E-state index >= 15 is 0 Å². The highest BCUT2D eigenvalue weighted by Crippen LogP contribution is 2.23. The smallest absolute Gasteiger partial charge is 0.123 e. The fourth-order valence-electron chi connectivity index (χ4n) is 2.41. The van der Waals surface area contributed by atoms with E-state index in [1.165, 1.54) is 6.07 Å². The van der Waals surface area contributed by atoms with Crippen molar-refractivity contribution in [3.8, 4) is 0 Å². The van der Waals surface area contributed by atoms with Crippen LogP contribution in [0, 0.1) is 19.7 Å². The van der Waals surface area contributed by atoms with E-state index in [9.17, 15) is 4.39 Å². The van der Waals surface area contributed by atoms with E-state index in [-0.39, 0.29) is 5.82 Å². The number of hydrogen-bond acceptors (Lipinski definition) is 2. The van der Waals surface area contributed by atoms with Crippen LogP contribution in [0.1, 0.15) is 16.8 Å². The van der Waals surface area contributed by atoms with Crippen LogP contribution in [0.15, 0.2) is 48.5 Å². The lowest BCUT2D eigenvalue weighted by Gasteiger charge is -2.11. The van der Waals surface area contributed by atoms with Gasteiger partial charge in [-0.05, 0) is 49.2 Å². The minimum absolute atomic E-state index is 0.204. The Kier molecular flexibility index (Phi) is 3.57. The number of halogens is 1. The predicted molar refractivity (Wildman–Crippen MR) is 84.9 cm³/mol. The third-order valence-electron chi connectivity index (χ3n) is 3.64. The average molecular weight is 280 g/mol. The molecule has 3 rings (SSSR count). The molecule has 3 aromatic rings. The third-order valence-corrected chi connectivity index (χ3v) is 3.64. The van der Waals surface area contributed by atoms with Crippen molar-refractivity contribution in [1.82, 2.24) is 4.98 Å². The highest BCUT2D eigenvalue weighted by molar-refractivity contribution is 5.90. The Hall–Kier alpha value is -2.42. The minimum atomic E-state index is -0.204. The second-order valence-corrected chi connectivity index (χ2v) is 5.25. The van der Waals surface area contributed by atoms with Gasteiger partial charge in [0, 0.05) is 17.6 Å². The molecule has 0 spiro atoms. The van der Waals surface area contributed by atoms with Crippen LogP contribution in [0.2, 0.25) is 0 Å². The molecule has 0 aliphatic carbocycles. The number of nitrogens with zero attached hydrogens (tertiary/aromatic N) is 1. The molecule has 21 heavy (non-hydrogen) atoms. The topological polar surface area (TPSA) is 24.9 Å². The molecule has 0 fully saturated rings. The standard InChI is InChI=1S/C18H17FN2/c1-12-6-9-16(19)10-15(12)11-20-17-5-3-4-14-8-7-13(2)21-18(14)17/h3-10,20H,11H2,1-2H3. The van der Waals surface area contributed by atoms with E-state index in [0.29, 0.717) is 6.54 Å². The van der Waals surface area contributed by atoms with Crippen LogP contribution in [-0.4, -0.2) is 4.98 Å². The van der Waals surface area contributed by atoms with Crippen LogP contribution in [0.25, 0.3) is 10.9 Å². The van der Waals surface area contributed by atoms with Crippen LogP contribution in [0.5, 0.6) is 0 Å². The molecular weight excluding hydrogens is 263 g/mol. The van der Waals surface area contributed by atoms with E-state index in [1.54, 1.807) is 12.1 Å². The Morgan fingerprint density at radius 2 is 1.90 bits per heavy atom. The monoisotopic (exact) mass is 280 g/mol. The van der Waals surface area contributed by atoms with Gasteiger partial charge in [0.2, 0.25) is 0 Å². The summed E-state index contributed by atoms with van der Waals surface area (Å²) in [5, 5.41) is 4.47. The van der Waals surface area contributed by atoms with Gasteiger partial charge in [-0.3, -0.25) is 4.98 Å².